The lowest BCUT2D eigenvalue weighted by atomic mass is 9.59. The Morgan fingerprint density at radius 3 is 2.30 bits per heavy atom. The van der Waals surface area contributed by atoms with Gasteiger partial charge >= 0.3 is 0 Å². The second kappa shape index (κ2) is 6.89. The molecule has 4 heteroatoms. The highest BCUT2D eigenvalue weighted by atomic mass is 28.4. The van der Waals surface area contributed by atoms with Gasteiger partial charge in [0.25, 0.3) is 0 Å². The van der Waals surface area contributed by atoms with E-state index in [-0.39, 0.29) is 23.0 Å². The maximum absolute atomic E-state index is 11.4. The molecule has 0 amide bonds. The first-order valence-electron chi connectivity index (χ1n) is 10.5. The molecule has 0 radical (unpaired) electrons. The van der Waals surface area contributed by atoms with E-state index in [1.807, 2.05) is 0 Å². The third-order valence-electron chi connectivity index (χ3n) is 8.22. The largest absolute Gasteiger partial charge is 0.544 e. The molecule has 3 nitrogen and oxygen atoms in total. The lowest BCUT2D eigenvalue weighted by Gasteiger charge is -2.49. The minimum absolute atomic E-state index is 0.135. The van der Waals surface area contributed by atoms with Crippen LogP contribution in [0.2, 0.25) is 18.1 Å². The summed E-state index contributed by atoms with van der Waals surface area (Å²) in [5.74, 6) is 1.59. The predicted molar refractivity (Wildman–Crippen MR) is 114 cm³/mol. The molecule has 0 unspecified atom stereocenters. The van der Waals surface area contributed by atoms with Gasteiger partial charge in [0.15, 0.2) is 0 Å². The summed E-state index contributed by atoms with van der Waals surface area (Å²) in [6, 6.07) is 8.60. The molecular weight excluding hydrogens is 352 g/mol. The quantitative estimate of drug-likeness (QED) is 0.670. The fourth-order valence-corrected chi connectivity index (χ4v) is 6.02. The van der Waals surface area contributed by atoms with Crippen molar-refractivity contribution in [3.63, 3.8) is 0 Å². The van der Waals surface area contributed by atoms with E-state index in [0.29, 0.717) is 5.92 Å². The number of aliphatic hydroxyl groups is 2. The lowest BCUT2D eigenvalue weighted by Crippen LogP contribution is -2.49. The highest BCUT2D eigenvalue weighted by Crippen LogP contribution is 2.60. The summed E-state index contributed by atoms with van der Waals surface area (Å²) in [7, 11) is -1.82. The molecule has 0 spiro atoms. The Bertz CT molecular complexity index is 663. The predicted octanol–water partition coefficient (Wildman–Crippen LogP) is 5.48. The van der Waals surface area contributed by atoms with Crippen LogP contribution >= 0.6 is 0 Å². The standard InChI is InChI=1S/C23H38O3Si/c1-21(2,3)27(5,6)26-20-9-7-17(8-10-20)18-11-13-22(4)19(16-24)12-14-23(22,25)15-18/h7-10,18-19,24-25H,11-16H2,1-6H3/t18-,19+,22+,23-/m0/s1. The zero-order valence-corrected chi connectivity index (χ0v) is 19.0. The molecule has 2 N–H and O–H groups in total. The Labute approximate surface area is 166 Å². The number of aliphatic hydroxyl groups excluding tert-OH is 1. The molecule has 1 aromatic rings. The normalized spacial score (nSPS) is 34.4. The molecule has 0 aliphatic heterocycles. The lowest BCUT2D eigenvalue weighted by molar-refractivity contribution is -0.110. The van der Waals surface area contributed by atoms with Gasteiger partial charge in [-0.25, -0.2) is 0 Å². The van der Waals surface area contributed by atoms with E-state index in [9.17, 15) is 10.2 Å². The van der Waals surface area contributed by atoms with Crippen molar-refractivity contribution in [1.82, 2.24) is 0 Å². The summed E-state index contributed by atoms with van der Waals surface area (Å²) < 4.78 is 6.40. The van der Waals surface area contributed by atoms with Gasteiger partial charge < -0.3 is 14.6 Å². The van der Waals surface area contributed by atoms with Crippen molar-refractivity contribution < 1.29 is 14.6 Å². The van der Waals surface area contributed by atoms with Crippen LogP contribution in [0.25, 0.3) is 0 Å². The Morgan fingerprint density at radius 1 is 1.11 bits per heavy atom. The molecule has 152 valence electrons. The van der Waals surface area contributed by atoms with E-state index in [1.165, 1.54) is 5.56 Å². The molecule has 0 aromatic heterocycles. The van der Waals surface area contributed by atoms with E-state index in [0.717, 1.165) is 37.9 Å². The van der Waals surface area contributed by atoms with Crippen molar-refractivity contribution >= 4 is 8.32 Å². The van der Waals surface area contributed by atoms with Gasteiger partial charge in [0.1, 0.15) is 5.75 Å². The van der Waals surface area contributed by atoms with Gasteiger partial charge in [0.2, 0.25) is 8.32 Å². The van der Waals surface area contributed by atoms with Crippen LogP contribution in [0, 0.1) is 11.3 Å². The maximum atomic E-state index is 11.4. The van der Waals surface area contributed by atoms with Gasteiger partial charge in [-0.3, -0.25) is 0 Å². The van der Waals surface area contributed by atoms with Crippen molar-refractivity contribution in [1.29, 1.82) is 0 Å². The highest BCUT2D eigenvalue weighted by Gasteiger charge is 2.58. The number of rotatable bonds is 4. The van der Waals surface area contributed by atoms with E-state index in [4.69, 9.17) is 4.43 Å². The summed E-state index contributed by atoms with van der Waals surface area (Å²) in [5, 5.41) is 21.3. The van der Waals surface area contributed by atoms with Crippen molar-refractivity contribution in [2.24, 2.45) is 11.3 Å². The fraction of sp³-hybridized carbons (Fsp3) is 0.739. The van der Waals surface area contributed by atoms with Crippen molar-refractivity contribution in [3.8, 4) is 5.75 Å². The molecule has 0 saturated heterocycles. The first kappa shape index (κ1) is 20.9. The molecule has 4 atom stereocenters. The second-order valence-corrected chi connectivity index (χ2v) is 15.5. The molecular formula is C23H38O3Si. The smallest absolute Gasteiger partial charge is 0.250 e. The van der Waals surface area contributed by atoms with Crippen LogP contribution in [0.3, 0.4) is 0 Å². The number of hydrogen-bond donors (Lipinski definition) is 2. The minimum Gasteiger partial charge on any atom is -0.544 e. The molecule has 2 fully saturated rings. The van der Waals surface area contributed by atoms with E-state index >= 15 is 0 Å². The zero-order valence-electron chi connectivity index (χ0n) is 18.0. The summed E-state index contributed by atoms with van der Waals surface area (Å²) in [6.45, 7) is 13.7. The van der Waals surface area contributed by atoms with Crippen molar-refractivity contribution in [2.45, 2.75) is 89.5 Å². The molecule has 3 rings (SSSR count). The minimum atomic E-state index is -1.82. The number of fused-ring (bicyclic) bond motifs is 1. The third kappa shape index (κ3) is 3.61. The van der Waals surface area contributed by atoms with Crippen molar-refractivity contribution in [3.05, 3.63) is 29.8 Å². The Kier molecular flexibility index (Phi) is 5.33. The van der Waals surface area contributed by atoms with Crippen LogP contribution < -0.4 is 4.43 Å². The molecule has 2 aliphatic carbocycles. The van der Waals surface area contributed by atoms with Crippen LogP contribution in [0.1, 0.15) is 71.3 Å². The van der Waals surface area contributed by atoms with Crippen molar-refractivity contribution in [2.75, 3.05) is 6.61 Å². The second-order valence-electron chi connectivity index (χ2n) is 10.7. The maximum Gasteiger partial charge on any atom is 0.250 e. The average molecular weight is 391 g/mol. The Hall–Kier alpha value is -0.843. The summed E-state index contributed by atoms with van der Waals surface area (Å²) >= 11 is 0. The average Bonchev–Trinajstić information content (AvgIpc) is 2.84. The van der Waals surface area contributed by atoms with Gasteiger partial charge in [-0.1, -0.05) is 39.8 Å². The molecule has 27 heavy (non-hydrogen) atoms. The molecule has 0 bridgehead atoms. The number of benzene rings is 1. The first-order chi connectivity index (χ1) is 12.4. The van der Waals surface area contributed by atoms with Gasteiger partial charge in [-0.05, 0) is 79.8 Å². The van der Waals surface area contributed by atoms with E-state index < -0.39 is 13.9 Å². The topological polar surface area (TPSA) is 49.7 Å². The van der Waals surface area contributed by atoms with Gasteiger partial charge in [-0.2, -0.15) is 0 Å². The van der Waals surface area contributed by atoms with Gasteiger partial charge in [0, 0.05) is 12.0 Å². The van der Waals surface area contributed by atoms with Crippen LogP contribution in [-0.2, 0) is 0 Å². The number of hydrogen-bond acceptors (Lipinski definition) is 3. The zero-order chi connectivity index (χ0) is 20.1. The summed E-state index contributed by atoms with van der Waals surface area (Å²) in [5.41, 5.74) is 0.531. The molecule has 2 saturated carbocycles. The van der Waals surface area contributed by atoms with E-state index in [2.05, 4.69) is 65.1 Å². The molecule has 2 aliphatic rings. The van der Waals surface area contributed by atoms with Crippen LogP contribution in [0.4, 0.5) is 0 Å². The van der Waals surface area contributed by atoms with Gasteiger partial charge in [0.05, 0.1) is 5.60 Å². The summed E-state index contributed by atoms with van der Waals surface area (Å²) in [4.78, 5) is 0. The monoisotopic (exact) mass is 390 g/mol. The first-order valence-corrected chi connectivity index (χ1v) is 13.4. The Morgan fingerprint density at radius 2 is 1.74 bits per heavy atom. The molecule has 0 heterocycles. The van der Waals surface area contributed by atoms with Gasteiger partial charge in [-0.15, -0.1) is 0 Å². The van der Waals surface area contributed by atoms with Crippen LogP contribution in [-0.4, -0.2) is 30.7 Å². The molecule has 1 aromatic carbocycles. The Balaban J connectivity index is 1.72. The van der Waals surface area contributed by atoms with Crippen LogP contribution in [0.5, 0.6) is 5.75 Å². The third-order valence-corrected chi connectivity index (χ3v) is 12.6. The fourth-order valence-electron chi connectivity index (χ4n) is 4.99. The van der Waals surface area contributed by atoms with E-state index in [1.54, 1.807) is 0 Å². The van der Waals surface area contributed by atoms with Crippen LogP contribution in [0.15, 0.2) is 24.3 Å². The SMILES string of the molecule is CC(C)(C)[Si](C)(C)Oc1ccc([C@H]2CC[C@]3(C)[C@@H](CO)CC[C@]3(O)C2)cc1. The summed E-state index contributed by atoms with van der Waals surface area (Å²) in [6.07, 6.45) is 4.63. The highest BCUT2D eigenvalue weighted by molar-refractivity contribution is 6.74.